The molecule has 0 fully saturated rings. The standard InChI is InChI=1S/C13H26N4O/c1-5-7-13(18-4)12(15-14)9-11-8-10(6-2)16-17(11)3/h8,12-13,15H,5-7,9,14H2,1-4H3. The number of nitrogens with one attached hydrogen (secondary N) is 1. The summed E-state index contributed by atoms with van der Waals surface area (Å²) in [7, 11) is 3.72. The molecule has 2 atom stereocenters. The third-order valence-electron chi connectivity index (χ3n) is 3.36. The van der Waals surface area contributed by atoms with Crippen LogP contribution in [-0.2, 0) is 24.6 Å². The number of hydrazine groups is 1. The lowest BCUT2D eigenvalue weighted by Gasteiger charge is -2.25. The Morgan fingerprint density at radius 2 is 2.22 bits per heavy atom. The molecule has 18 heavy (non-hydrogen) atoms. The van der Waals surface area contributed by atoms with Gasteiger partial charge in [0.2, 0.25) is 0 Å². The van der Waals surface area contributed by atoms with Gasteiger partial charge in [0.25, 0.3) is 0 Å². The van der Waals surface area contributed by atoms with Crippen molar-refractivity contribution in [1.29, 1.82) is 0 Å². The minimum absolute atomic E-state index is 0.120. The van der Waals surface area contributed by atoms with E-state index in [1.807, 2.05) is 11.7 Å². The number of hydrogen-bond donors (Lipinski definition) is 2. The normalized spacial score (nSPS) is 14.7. The van der Waals surface area contributed by atoms with Crippen molar-refractivity contribution in [3.63, 3.8) is 0 Å². The van der Waals surface area contributed by atoms with Crippen LogP contribution in [0.1, 0.15) is 38.1 Å². The maximum Gasteiger partial charge on any atom is 0.0741 e. The highest BCUT2D eigenvalue weighted by molar-refractivity contribution is 5.12. The maximum atomic E-state index is 5.66. The molecule has 0 saturated heterocycles. The topological polar surface area (TPSA) is 65.1 Å². The molecule has 3 N–H and O–H groups in total. The molecule has 0 spiro atoms. The molecule has 1 heterocycles. The fourth-order valence-corrected chi connectivity index (χ4v) is 2.23. The number of nitrogens with zero attached hydrogens (tertiary/aromatic N) is 2. The monoisotopic (exact) mass is 254 g/mol. The molecule has 0 aliphatic carbocycles. The van der Waals surface area contributed by atoms with Crippen molar-refractivity contribution in [3.8, 4) is 0 Å². The van der Waals surface area contributed by atoms with E-state index < -0.39 is 0 Å². The van der Waals surface area contributed by atoms with Gasteiger partial charge in [-0.1, -0.05) is 20.3 Å². The zero-order valence-electron chi connectivity index (χ0n) is 11.9. The molecule has 1 aromatic rings. The third-order valence-corrected chi connectivity index (χ3v) is 3.36. The van der Waals surface area contributed by atoms with E-state index in [0.717, 1.165) is 31.4 Å². The molecular weight excluding hydrogens is 228 g/mol. The van der Waals surface area contributed by atoms with E-state index in [0.29, 0.717) is 0 Å². The molecule has 2 unspecified atom stereocenters. The largest absolute Gasteiger partial charge is 0.380 e. The number of ether oxygens (including phenoxy) is 1. The molecule has 5 nitrogen and oxygen atoms in total. The summed E-state index contributed by atoms with van der Waals surface area (Å²) in [6.45, 7) is 4.26. The van der Waals surface area contributed by atoms with Gasteiger partial charge in [-0.2, -0.15) is 5.10 Å². The van der Waals surface area contributed by atoms with Crippen molar-refractivity contribution in [2.75, 3.05) is 7.11 Å². The highest BCUT2D eigenvalue weighted by atomic mass is 16.5. The van der Waals surface area contributed by atoms with Crippen molar-refractivity contribution in [2.45, 2.75) is 51.7 Å². The van der Waals surface area contributed by atoms with Crippen LogP contribution in [0.2, 0.25) is 0 Å². The maximum absolute atomic E-state index is 5.66. The molecule has 0 aliphatic rings. The molecule has 0 amide bonds. The Labute approximate surface area is 110 Å². The first kappa shape index (κ1) is 15.1. The van der Waals surface area contributed by atoms with E-state index in [9.17, 15) is 0 Å². The molecule has 104 valence electrons. The van der Waals surface area contributed by atoms with Gasteiger partial charge in [-0.15, -0.1) is 0 Å². The van der Waals surface area contributed by atoms with Gasteiger partial charge in [-0.05, 0) is 18.9 Å². The SMILES string of the molecule is CCCC(OC)C(Cc1cc(CC)nn1C)NN. The van der Waals surface area contributed by atoms with Gasteiger partial charge >= 0.3 is 0 Å². The Morgan fingerprint density at radius 1 is 1.50 bits per heavy atom. The summed E-state index contributed by atoms with van der Waals surface area (Å²) in [6, 6.07) is 2.26. The van der Waals surface area contributed by atoms with Gasteiger partial charge in [0.15, 0.2) is 0 Å². The Morgan fingerprint density at radius 3 is 2.67 bits per heavy atom. The number of methoxy groups -OCH3 is 1. The van der Waals surface area contributed by atoms with Crippen LogP contribution >= 0.6 is 0 Å². The van der Waals surface area contributed by atoms with E-state index >= 15 is 0 Å². The summed E-state index contributed by atoms with van der Waals surface area (Å²) in [5.41, 5.74) is 5.18. The molecule has 1 rings (SSSR count). The van der Waals surface area contributed by atoms with Gasteiger partial charge in [0.05, 0.1) is 17.8 Å². The molecule has 0 bridgehead atoms. The smallest absolute Gasteiger partial charge is 0.0741 e. The molecule has 0 aromatic carbocycles. The van der Waals surface area contributed by atoms with Crippen LogP contribution in [0.3, 0.4) is 0 Å². The molecule has 1 aromatic heterocycles. The predicted octanol–water partition coefficient (Wildman–Crippen LogP) is 1.17. The summed E-state index contributed by atoms with van der Waals surface area (Å²) >= 11 is 0. The van der Waals surface area contributed by atoms with Crippen molar-refractivity contribution in [1.82, 2.24) is 15.2 Å². The fourth-order valence-electron chi connectivity index (χ4n) is 2.23. The zero-order valence-corrected chi connectivity index (χ0v) is 11.9. The van der Waals surface area contributed by atoms with Gasteiger partial charge in [0, 0.05) is 26.3 Å². The van der Waals surface area contributed by atoms with Crippen LogP contribution in [0.4, 0.5) is 0 Å². The second-order valence-corrected chi connectivity index (χ2v) is 4.64. The highest BCUT2D eigenvalue weighted by Gasteiger charge is 2.21. The average molecular weight is 254 g/mol. The number of nitrogens with two attached hydrogens (primary N) is 1. The minimum Gasteiger partial charge on any atom is -0.380 e. The van der Waals surface area contributed by atoms with Crippen LogP contribution in [0, 0.1) is 0 Å². The lowest BCUT2D eigenvalue weighted by Crippen LogP contribution is -2.46. The van der Waals surface area contributed by atoms with Crippen molar-refractivity contribution >= 4 is 0 Å². The Balaban J connectivity index is 2.74. The molecular formula is C13H26N4O. The van der Waals surface area contributed by atoms with Gasteiger partial charge in [0.1, 0.15) is 0 Å². The molecule has 0 saturated carbocycles. The van der Waals surface area contributed by atoms with Crippen molar-refractivity contribution in [2.24, 2.45) is 12.9 Å². The van der Waals surface area contributed by atoms with Crippen molar-refractivity contribution in [3.05, 3.63) is 17.5 Å². The van der Waals surface area contributed by atoms with E-state index in [4.69, 9.17) is 10.6 Å². The highest BCUT2D eigenvalue weighted by Crippen LogP contribution is 2.13. The fraction of sp³-hybridized carbons (Fsp3) is 0.769. The number of aromatic nitrogens is 2. The number of aryl methyl sites for hydroxylation is 2. The quantitative estimate of drug-likeness (QED) is 0.540. The van der Waals surface area contributed by atoms with Gasteiger partial charge in [-0.25, -0.2) is 0 Å². The van der Waals surface area contributed by atoms with Crippen LogP contribution in [0.15, 0.2) is 6.07 Å². The van der Waals surface area contributed by atoms with E-state index in [-0.39, 0.29) is 12.1 Å². The first-order valence-corrected chi connectivity index (χ1v) is 6.66. The minimum atomic E-state index is 0.120. The van der Waals surface area contributed by atoms with Gasteiger partial charge < -0.3 is 4.74 Å². The predicted molar refractivity (Wildman–Crippen MR) is 73.1 cm³/mol. The number of hydrogen-bond acceptors (Lipinski definition) is 4. The van der Waals surface area contributed by atoms with Crippen LogP contribution in [-0.4, -0.2) is 29.0 Å². The Bertz CT molecular complexity index is 351. The van der Waals surface area contributed by atoms with E-state index in [1.165, 1.54) is 5.69 Å². The lowest BCUT2D eigenvalue weighted by molar-refractivity contribution is 0.0603. The second-order valence-electron chi connectivity index (χ2n) is 4.64. The average Bonchev–Trinajstić information content (AvgIpc) is 2.74. The van der Waals surface area contributed by atoms with Crippen LogP contribution in [0.25, 0.3) is 0 Å². The van der Waals surface area contributed by atoms with Gasteiger partial charge in [-0.3, -0.25) is 16.0 Å². The van der Waals surface area contributed by atoms with E-state index in [2.05, 4.69) is 30.4 Å². The zero-order chi connectivity index (χ0) is 13.5. The Hall–Kier alpha value is -0.910. The first-order chi connectivity index (χ1) is 8.65. The summed E-state index contributed by atoms with van der Waals surface area (Å²) < 4.78 is 7.45. The number of rotatable bonds is 8. The van der Waals surface area contributed by atoms with Crippen LogP contribution in [0.5, 0.6) is 0 Å². The Kier molecular flexibility index (Phi) is 6.32. The summed E-state index contributed by atoms with van der Waals surface area (Å²) in [5.74, 6) is 5.66. The molecule has 0 aliphatic heterocycles. The third kappa shape index (κ3) is 3.80. The second kappa shape index (κ2) is 7.51. The van der Waals surface area contributed by atoms with Crippen LogP contribution < -0.4 is 11.3 Å². The van der Waals surface area contributed by atoms with Crippen molar-refractivity contribution < 1.29 is 4.74 Å². The molecule has 0 radical (unpaired) electrons. The molecule has 5 heteroatoms. The first-order valence-electron chi connectivity index (χ1n) is 6.66. The van der Waals surface area contributed by atoms with E-state index in [1.54, 1.807) is 7.11 Å². The lowest BCUT2D eigenvalue weighted by atomic mass is 10.0. The summed E-state index contributed by atoms with van der Waals surface area (Å²) in [5, 5.41) is 4.45. The summed E-state index contributed by atoms with van der Waals surface area (Å²) in [6.07, 6.45) is 4.02. The summed E-state index contributed by atoms with van der Waals surface area (Å²) in [4.78, 5) is 0.